The molecule has 0 radical (unpaired) electrons. The lowest BCUT2D eigenvalue weighted by Crippen LogP contribution is -2.37. The Bertz CT molecular complexity index is 5820. The largest absolute Gasteiger partial charge is 0.514 e. The first-order valence-electron chi connectivity index (χ1n) is 41.4. The van der Waals surface area contributed by atoms with Crippen LogP contribution >= 0.6 is 60.8 Å². The summed E-state index contributed by atoms with van der Waals surface area (Å²) in [4.78, 5) is 147. The molecule has 8 unspecified atom stereocenters. The second kappa shape index (κ2) is 42.9. The van der Waals surface area contributed by atoms with Crippen molar-refractivity contribution < 1.29 is 199 Å². The van der Waals surface area contributed by atoms with Gasteiger partial charge in [0.25, 0.3) is 20.3 Å². The van der Waals surface area contributed by atoms with Gasteiger partial charge in [0, 0.05) is 97.5 Å². The molecule has 12 N–H and O–H groups in total. The van der Waals surface area contributed by atoms with Crippen LogP contribution in [-0.2, 0) is 117 Å². The lowest BCUT2D eigenvalue weighted by atomic mass is 9.96. The fourth-order valence-electron chi connectivity index (χ4n) is 14.2. The third-order valence-electron chi connectivity index (χ3n) is 22.2. The number of hydrogen-bond acceptors (Lipinski definition) is 38. The molecule has 730 valence electrons. The van der Waals surface area contributed by atoms with E-state index in [1.807, 2.05) is 0 Å². The number of methoxy groups -OCH3 is 2. The standard InChI is InChI=1S/C22H27NO11P2.C20H23NO11P2.C20H23NO10P2.C19H21NO10P2/c1-30-19-12-16(9-10-18(19)32-21(24)31-17-7-3-2-4-8-17)20-33-35(26,27)22(25,36(28,29)34-20)13-15-6-5-11-23-14-15;1-28-17-10-14(7-8-16(17)30-19(22)29-15-5-2-6-15)18-31-33(24,25)20(23,34(26,27)32-18)11-13-4-3-9-21-12-13;22-19(28-16-5-1-2-6-16)29-17-9-7-15(8-10-17)18-30-32(24,25)20(23,33(26,27)31-18)12-14-4-3-11-21-13-14;21-18(27-15-4-1-5-15)28-16-8-6-14(7-9-16)17-29-31(23,24)19(22,32(25,26)30-17)11-13-3-2-10-20-12-13/h5-6,9-12,14,17,20,25H,2-4,7-8,13H2,1H3,(H,26,27)(H,28,29);3-4,7-10,12,15,18,23H,2,5-6,11H2,1H3,(H,24,25)(H,26,27);3-4,7-11,13,16,18,23H,1-2,5-6,12H2,(H,24,25)(H,26,27);2-3,6-10,12,15,17,22H,1,4-5,11H2,(H,23,24)(H,25,26). The van der Waals surface area contributed by atoms with Crippen LogP contribution in [0, 0.1) is 0 Å². The Morgan fingerprint density at radius 1 is 0.304 bits per heavy atom. The van der Waals surface area contributed by atoms with Gasteiger partial charge in [-0.2, -0.15) is 0 Å². The number of carbonyl (C=O) groups excluding carboxylic acids is 4. The molecule has 0 spiro atoms. The lowest BCUT2D eigenvalue weighted by Gasteiger charge is -2.41. The van der Waals surface area contributed by atoms with Gasteiger partial charge in [0.2, 0.25) is 25.2 Å². The van der Waals surface area contributed by atoms with Gasteiger partial charge in [0.1, 0.15) is 35.9 Å². The monoisotopic (exact) mass is 2040 g/mol. The highest BCUT2D eigenvalue weighted by Crippen LogP contribution is 2.83. The predicted molar refractivity (Wildman–Crippen MR) is 462 cm³/mol. The number of hydrogen-bond donors (Lipinski definition) is 12. The molecule has 4 saturated heterocycles. The van der Waals surface area contributed by atoms with Crippen molar-refractivity contribution in [2.45, 2.75) is 192 Å². The number of nitrogens with zero attached hydrogens (tertiary/aromatic N) is 4. The summed E-state index contributed by atoms with van der Waals surface area (Å²) in [6.07, 6.45) is 9.96. The molecule has 4 aromatic carbocycles. The average molecular weight is 2040 g/mol. The molecule has 4 aliphatic heterocycles. The van der Waals surface area contributed by atoms with Gasteiger partial charge >= 0.3 is 85.4 Å². The van der Waals surface area contributed by atoms with Gasteiger partial charge in [-0.3, -0.25) is 92.6 Å². The van der Waals surface area contributed by atoms with Crippen LogP contribution in [0.15, 0.2) is 183 Å². The van der Waals surface area contributed by atoms with Crippen LogP contribution in [0.3, 0.4) is 0 Å². The van der Waals surface area contributed by atoms with E-state index in [0.717, 1.165) is 96.3 Å². The third-order valence-corrected chi connectivity index (χ3v) is 40.6. The van der Waals surface area contributed by atoms with Crippen molar-refractivity contribution in [3.63, 3.8) is 0 Å². The van der Waals surface area contributed by atoms with Gasteiger partial charge < -0.3 is 107 Å². The first kappa shape index (κ1) is 104. The highest BCUT2D eigenvalue weighted by Gasteiger charge is 2.71. The van der Waals surface area contributed by atoms with Crippen molar-refractivity contribution >= 4 is 85.4 Å². The topological polar surface area (TPSA) is 665 Å². The Labute approximate surface area is 768 Å². The van der Waals surface area contributed by atoms with Crippen LogP contribution in [0.5, 0.6) is 34.5 Å². The molecule has 8 aliphatic rings. The van der Waals surface area contributed by atoms with E-state index in [9.17, 15) is 115 Å². The van der Waals surface area contributed by atoms with Crippen LogP contribution in [0.4, 0.5) is 19.2 Å². The van der Waals surface area contributed by atoms with E-state index < -0.39 is 157 Å². The summed E-state index contributed by atoms with van der Waals surface area (Å²) in [6.45, 7) is 0. The van der Waals surface area contributed by atoms with E-state index in [0.29, 0.717) is 0 Å². The van der Waals surface area contributed by atoms with Crippen LogP contribution < -0.4 is 28.4 Å². The maximum Gasteiger partial charge on any atom is 0.514 e. The summed E-state index contributed by atoms with van der Waals surface area (Å²) in [5, 5.41) is 30.7. The molecule has 8 aromatic rings. The summed E-state index contributed by atoms with van der Waals surface area (Å²) in [5.74, 6) is 0.250. The van der Waals surface area contributed by atoms with Crippen molar-refractivity contribution in [1.29, 1.82) is 0 Å². The average Bonchev–Trinajstić information content (AvgIpc) is 1.59. The maximum absolute atomic E-state index is 13.0. The number of ether oxygens (including phenoxy) is 10. The molecule has 4 aliphatic carbocycles. The molecule has 16 rings (SSSR count). The van der Waals surface area contributed by atoms with Gasteiger partial charge in [0.15, 0.2) is 23.0 Å². The Kier molecular flexibility index (Phi) is 32.9. The van der Waals surface area contributed by atoms with Crippen molar-refractivity contribution in [3.05, 3.63) is 228 Å². The molecule has 0 amide bonds. The minimum absolute atomic E-state index is 0.00328. The van der Waals surface area contributed by atoms with E-state index in [-0.39, 0.29) is 103 Å². The quantitative estimate of drug-likeness (QED) is 0.0130. The molecular formula is C81H94N4O42P8. The van der Waals surface area contributed by atoms with Crippen LogP contribution in [0.2, 0.25) is 0 Å². The Morgan fingerprint density at radius 3 is 0.748 bits per heavy atom. The number of aliphatic hydroxyl groups is 4. The summed E-state index contributed by atoms with van der Waals surface area (Å²) >= 11 is 0. The smallest absolute Gasteiger partial charge is 0.493 e. The third kappa shape index (κ3) is 24.2. The normalized spacial score (nSPS) is 31.8. The summed E-state index contributed by atoms with van der Waals surface area (Å²) in [5.41, 5.74) is 1.11. The van der Waals surface area contributed by atoms with E-state index in [2.05, 4.69) is 19.9 Å². The van der Waals surface area contributed by atoms with Crippen molar-refractivity contribution in [2.24, 2.45) is 0 Å². The van der Waals surface area contributed by atoms with Crippen molar-refractivity contribution in [2.75, 3.05) is 14.2 Å². The number of rotatable bonds is 22. The molecule has 8 fully saturated rings. The zero-order valence-corrected chi connectivity index (χ0v) is 78.5. The Hall–Kier alpha value is -8.80. The number of benzene rings is 4. The summed E-state index contributed by atoms with van der Waals surface area (Å²) in [7, 11) is -38.3. The van der Waals surface area contributed by atoms with Gasteiger partial charge in [-0.1, -0.05) is 55.0 Å². The molecule has 46 nitrogen and oxygen atoms in total. The minimum Gasteiger partial charge on any atom is -0.493 e. The van der Waals surface area contributed by atoms with Crippen molar-refractivity contribution in [3.8, 4) is 34.5 Å². The molecule has 4 aromatic heterocycles. The maximum atomic E-state index is 13.0. The van der Waals surface area contributed by atoms with Crippen molar-refractivity contribution in [1.82, 2.24) is 19.9 Å². The summed E-state index contributed by atoms with van der Waals surface area (Å²) in [6, 6.07) is 30.1. The first-order valence-corrected chi connectivity index (χ1v) is 54.1. The van der Waals surface area contributed by atoms with Crippen LogP contribution in [0.25, 0.3) is 0 Å². The van der Waals surface area contributed by atoms with E-state index in [1.165, 1.54) is 197 Å². The Morgan fingerprint density at radius 2 is 0.526 bits per heavy atom. The van der Waals surface area contributed by atoms with Gasteiger partial charge in [-0.05, 0) is 197 Å². The molecule has 0 bridgehead atoms. The zero-order chi connectivity index (χ0) is 97.2. The first-order chi connectivity index (χ1) is 63.8. The van der Waals surface area contributed by atoms with Gasteiger partial charge in [-0.15, -0.1) is 0 Å². The number of pyridine rings is 4. The second-order valence-electron chi connectivity index (χ2n) is 31.7. The molecule has 8 heterocycles. The molecular weight excluding hydrogens is 1950 g/mol. The Balaban J connectivity index is 0.000000153. The fraction of sp³-hybridized carbons (Fsp3) is 0.407. The molecule has 54 heteroatoms. The van der Waals surface area contributed by atoms with E-state index >= 15 is 0 Å². The summed E-state index contributed by atoms with van der Waals surface area (Å²) < 4.78 is 195. The SMILES string of the molecule is COc1cc(C2OP(=O)(O)C(O)(Cc3cccnc3)P(=O)(O)O2)ccc1OC(=O)OC1CCC1.COc1cc(C2OP(=O)(O)C(O)(Cc3cccnc3)P(=O)(O)O2)ccc1OC(=O)OC1CCCCC1.O=C(Oc1ccc(C2OP(=O)(O)C(O)(Cc3cccnc3)P(=O)(O)O2)cc1)OC1CCC1.O=C(Oc1ccc(C2OP(=O)(O)C(O)(Cc3cccnc3)P(=O)(O)O2)cc1)OC1CCCC1. The second-order valence-corrected chi connectivity index (χ2v) is 49.0. The van der Waals surface area contributed by atoms with Gasteiger partial charge in [-0.25, -0.2) is 19.2 Å². The van der Waals surface area contributed by atoms with Crippen LogP contribution in [0.1, 0.15) is 166 Å². The van der Waals surface area contributed by atoms with Crippen LogP contribution in [-0.4, -0.2) is 163 Å². The van der Waals surface area contributed by atoms with E-state index in [4.69, 9.17) is 83.6 Å². The lowest BCUT2D eigenvalue weighted by molar-refractivity contribution is -0.0587. The number of carbonyl (C=O) groups is 4. The van der Waals surface area contributed by atoms with Gasteiger partial charge in [0.05, 0.1) is 14.2 Å². The number of aromatic nitrogens is 4. The zero-order valence-electron chi connectivity index (χ0n) is 71.4. The molecule has 135 heavy (non-hydrogen) atoms. The predicted octanol–water partition coefficient (Wildman–Crippen LogP) is 15.0. The van der Waals surface area contributed by atoms with E-state index in [1.54, 1.807) is 0 Å². The highest BCUT2D eigenvalue weighted by atomic mass is 31.3. The molecule has 4 saturated carbocycles. The minimum atomic E-state index is -5.15. The molecule has 8 atom stereocenters. The highest BCUT2D eigenvalue weighted by molar-refractivity contribution is 7.75. The fourth-order valence-corrected chi connectivity index (χ4v) is 28.5.